The predicted molar refractivity (Wildman–Crippen MR) is 142 cm³/mol. The van der Waals surface area contributed by atoms with Crippen LogP contribution >= 0.6 is 0 Å². The lowest BCUT2D eigenvalue weighted by molar-refractivity contribution is -0.180. The average Bonchev–Trinajstić information content (AvgIpc) is 2.83. The third-order valence-electron chi connectivity index (χ3n) is 9.11. The predicted octanol–water partition coefficient (Wildman–Crippen LogP) is 5.14. The number of hydrogen-bond acceptors (Lipinski definition) is 5. The molecule has 2 aromatic rings. The highest BCUT2D eigenvalue weighted by molar-refractivity contribution is 5.95. The van der Waals surface area contributed by atoms with Crippen LogP contribution in [0.4, 0.5) is 5.69 Å². The van der Waals surface area contributed by atoms with Crippen LogP contribution in [0.1, 0.15) is 74.0 Å². The van der Waals surface area contributed by atoms with E-state index in [2.05, 4.69) is 44.0 Å². The number of piperidine rings is 1. The minimum atomic E-state index is -0.466. The van der Waals surface area contributed by atoms with Gasteiger partial charge in [0.25, 0.3) is 5.91 Å². The Bertz CT molecular complexity index is 1150. The van der Waals surface area contributed by atoms with E-state index in [-0.39, 0.29) is 17.9 Å². The number of carbonyl (C=O) groups excluding carboxylic acids is 1. The van der Waals surface area contributed by atoms with Crippen molar-refractivity contribution in [3.63, 3.8) is 0 Å². The molecule has 6 nitrogen and oxygen atoms in total. The fourth-order valence-electron chi connectivity index (χ4n) is 5.90. The van der Waals surface area contributed by atoms with Crippen molar-refractivity contribution < 1.29 is 14.6 Å². The number of hydrogen-bond donors (Lipinski definition) is 2. The van der Waals surface area contributed by atoms with Gasteiger partial charge >= 0.3 is 0 Å². The summed E-state index contributed by atoms with van der Waals surface area (Å²) in [5.41, 5.74) is 3.05. The van der Waals surface area contributed by atoms with E-state index in [4.69, 9.17) is 4.74 Å². The number of anilines is 1. The summed E-state index contributed by atoms with van der Waals surface area (Å²) in [6.45, 7) is 14.4. The molecule has 192 valence electrons. The van der Waals surface area contributed by atoms with Crippen molar-refractivity contribution in [2.24, 2.45) is 11.3 Å². The molecule has 2 fully saturated rings. The van der Waals surface area contributed by atoms with Crippen molar-refractivity contribution in [1.82, 2.24) is 5.32 Å². The molecule has 0 bridgehead atoms. The Hall–Kier alpha value is -3.04. The number of aliphatic hydroxyl groups is 1. The summed E-state index contributed by atoms with van der Waals surface area (Å²) in [5, 5.41) is 22.0. The standard InChI is InChI=1S/C30H39N3O3/c1-20-15-25(16-21(2)26(20)17-31)36-30(6)19-29(5,28(30,3)4)32-27(35)23-7-9-24(10-8-23)33-13-11-22(18-34)12-14-33/h7-10,15-16,22,34H,11-14,18-19H2,1-6H3,(H,32,35). The molecule has 0 radical (unpaired) electrons. The number of aryl methyl sites for hydroxylation is 2. The van der Waals surface area contributed by atoms with Crippen LogP contribution in [0.5, 0.6) is 5.75 Å². The van der Waals surface area contributed by atoms with Gasteiger partial charge in [-0.3, -0.25) is 4.79 Å². The van der Waals surface area contributed by atoms with Crippen molar-refractivity contribution in [2.45, 2.75) is 71.9 Å². The molecule has 0 spiro atoms. The number of rotatable bonds is 6. The number of carbonyl (C=O) groups is 1. The molecule has 1 amide bonds. The van der Waals surface area contributed by atoms with Gasteiger partial charge in [0.2, 0.25) is 0 Å². The summed E-state index contributed by atoms with van der Waals surface area (Å²) < 4.78 is 6.51. The number of nitriles is 1. The monoisotopic (exact) mass is 489 g/mol. The zero-order valence-corrected chi connectivity index (χ0v) is 22.4. The molecule has 1 saturated carbocycles. The quantitative estimate of drug-likeness (QED) is 0.587. The van der Waals surface area contributed by atoms with Gasteiger partial charge in [-0.2, -0.15) is 5.26 Å². The summed E-state index contributed by atoms with van der Waals surface area (Å²) in [7, 11) is 0. The molecule has 1 saturated heterocycles. The highest BCUT2D eigenvalue weighted by Crippen LogP contribution is 2.58. The van der Waals surface area contributed by atoms with E-state index in [0.717, 1.165) is 48.5 Å². The minimum absolute atomic E-state index is 0.0803. The Balaban J connectivity index is 1.42. The summed E-state index contributed by atoms with van der Waals surface area (Å²) in [5.74, 6) is 1.08. The van der Waals surface area contributed by atoms with E-state index < -0.39 is 11.1 Å². The molecule has 1 aliphatic heterocycles. The van der Waals surface area contributed by atoms with Gasteiger partial charge in [-0.1, -0.05) is 13.8 Å². The first kappa shape index (κ1) is 26.0. The molecule has 1 heterocycles. The minimum Gasteiger partial charge on any atom is -0.487 e. The van der Waals surface area contributed by atoms with E-state index in [9.17, 15) is 15.2 Å². The summed E-state index contributed by atoms with van der Waals surface area (Å²) in [6.07, 6.45) is 2.66. The van der Waals surface area contributed by atoms with Gasteiger partial charge in [-0.05, 0) is 94.0 Å². The molecule has 2 aromatic carbocycles. The van der Waals surface area contributed by atoms with E-state index in [1.54, 1.807) is 0 Å². The maximum absolute atomic E-state index is 13.2. The zero-order chi connectivity index (χ0) is 26.3. The molecule has 0 aromatic heterocycles. The smallest absolute Gasteiger partial charge is 0.251 e. The first-order valence-electron chi connectivity index (χ1n) is 12.9. The molecule has 2 atom stereocenters. The first-order valence-corrected chi connectivity index (χ1v) is 12.9. The number of nitrogens with one attached hydrogen (secondary N) is 1. The number of ether oxygens (including phenoxy) is 1. The van der Waals surface area contributed by atoms with Crippen molar-refractivity contribution >= 4 is 11.6 Å². The number of nitrogens with zero attached hydrogens (tertiary/aromatic N) is 2. The van der Waals surface area contributed by atoms with Crippen molar-refractivity contribution in [3.05, 3.63) is 58.7 Å². The summed E-state index contributed by atoms with van der Waals surface area (Å²) in [4.78, 5) is 15.5. The Kier molecular flexibility index (Phi) is 6.83. The molecule has 2 unspecified atom stereocenters. The second kappa shape index (κ2) is 9.44. The second-order valence-corrected chi connectivity index (χ2v) is 11.6. The van der Waals surface area contributed by atoms with Crippen molar-refractivity contribution in [3.8, 4) is 11.8 Å². The maximum atomic E-state index is 13.2. The van der Waals surface area contributed by atoms with Gasteiger partial charge in [-0.15, -0.1) is 0 Å². The van der Waals surface area contributed by atoms with Gasteiger partial charge in [-0.25, -0.2) is 0 Å². The van der Waals surface area contributed by atoms with E-state index >= 15 is 0 Å². The van der Waals surface area contributed by atoms with Crippen LogP contribution in [0.15, 0.2) is 36.4 Å². The third kappa shape index (κ3) is 4.46. The third-order valence-corrected chi connectivity index (χ3v) is 9.11. The van der Waals surface area contributed by atoms with Crippen LogP contribution in [-0.4, -0.2) is 41.9 Å². The van der Waals surface area contributed by atoms with Gasteiger partial charge in [0.1, 0.15) is 11.4 Å². The number of aliphatic hydroxyl groups excluding tert-OH is 1. The molecular formula is C30H39N3O3. The van der Waals surface area contributed by atoms with E-state index in [1.165, 1.54) is 0 Å². The molecular weight excluding hydrogens is 450 g/mol. The Morgan fingerprint density at radius 3 is 2.19 bits per heavy atom. The normalized spacial score (nSPS) is 25.6. The largest absolute Gasteiger partial charge is 0.487 e. The Morgan fingerprint density at radius 1 is 1.11 bits per heavy atom. The molecule has 4 rings (SSSR count). The van der Waals surface area contributed by atoms with Crippen LogP contribution in [0.25, 0.3) is 0 Å². The Labute approximate surface area is 215 Å². The van der Waals surface area contributed by atoms with Crippen LogP contribution < -0.4 is 15.0 Å². The van der Waals surface area contributed by atoms with Crippen molar-refractivity contribution in [1.29, 1.82) is 5.26 Å². The lowest BCUT2D eigenvalue weighted by Crippen LogP contribution is -2.77. The highest BCUT2D eigenvalue weighted by Gasteiger charge is 2.67. The number of amides is 1. The average molecular weight is 490 g/mol. The van der Waals surface area contributed by atoms with Gasteiger partial charge in [0.15, 0.2) is 0 Å². The summed E-state index contributed by atoms with van der Waals surface area (Å²) >= 11 is 0. The first-order chi connectivity index (χ1) is 16.9. The molecule has 1 aliphatic carbocycles. The van der Waals surface area contributed by atoms with Gasteiger partial charge in [0, 0.05) is 42.8 Å². The van der Waals surface area contributed by atoms with Crippen LogP contribution in [-0.2, 0) is 0 Å². The Morgan fingerprint density at radius 2 is 1.69 bits per heavy atom. The van der Waals surface area contributed by atoms with E-state index in [0.29, 0.717) is 23.5 Å². The highest BCUT2D eigenvalue weighted by atomic mass is 16.5. The van der Waals surface area contributed by atoms with Crippen molar-refractivity contribution in [2.75, 3.05) is 24.6 Å². The fourth-order valence-corrected chi connectivity index (χ4v) is 5.90. The lowest BCUT2D eigenvalue weighted by Gasteiger charge is -2.65. The topological polar surface area (TPSA) is 85.6 Å². The molecule has 36 heavy (non-hydrogen) atoms. The summed E-state index contributed by atoms with van der Waals surface area (Å²) in [6, 6.07) is 13.9. The molecule has 2 N–H and O–H groups in total. The van der Waals surface area contributed by atoms with Gasteiger partial charge in [0.05, 0.1) is 17.2 Å². The molecule has 6 heteroatoms. The fraction of sp³-hybridized carbons (Fsp3) is 0.533. The number of benzene rings is 2. The van der Waals surface area contributed by atoms with Crippen LogP contribution in [0.3, 0.4) is 0 Å². The van der Waals surface area contributed by atoms with Crippen LogP contribution in [0, 0.1) is 36.5 Å². The molecule has 2 aliphatic rings. The van der Waals surface area contributed by atoms with E-state index in [1.807, 2.05) is 50.2 Å². The second-order valence-electron chi connectivity index (χ2n) is 11.6. The van der Waals surface area contributed by atoms with Crippen LogP contribution in [0.2, 0.25) is 0 Å². The zero-order valence-electron chi connectivity index (χ0n) is 22.4. The van der Waals surface area contributed by atoms with Gasteiger partial charge < -0.3 is 20.1 Å². The maximum Gasteiger partial charge on any atom is 0.251 e. The lowest BCUT2D eigenvalue weighted by atomic mass is 9.48. The SMILES string of the molecule is Cc1cc(OC2(C)CC(C)(NC(=O)c3ccc(N4CCC(CO)CC4)cc3)C2(C)C)cc(C)c1C#N.